The van der Waals surface area contributed by atoms with Crippen molar-refractivity contribution in [2.45, 2.75) is 32.8 Å². The van der Waals surface area contributed by atoms with Gasteiger partial charge in [-0.1, -0.05) is 61.9 Å². The maximum Gasteiger partial charge on any atom is 0.271 e. The minimum atomic E-state index is -0.367. The van der Waals surface area contributed by atoms with Gasteiger partial charge in [-0.05, 0) is 42.3 Å². The number of unbranched alkanes of at least 4 members (excludes halogenated alkanes) is 1. The van der Waals surface area contributed by atoms with Crippen LogP contribution >= 0.6 is 0 Å². The van der Waals surface area contributed by atoms with Crippen LogP contribution in [0.1, 0.15) is 47.7 Å². The number of hydrogen-bond acceptors (Lipinski definition) is 4. The second kappa shape index (κ2) is 12.1. The number of nitrogens with zero attached hydrogens (tertiary/aromatic N) is 1. The summed E-state index contributed by atoms with van der Waals surface area (Å²) in [5.41, 5.74) is 5.33. The SMILES string of the molecule is CCCCC(=O)Nc1cccc(C(=O)N/N=C\c2ccccc2OCc2ccccc2)c1. The quantitative estimate of drug-likeness (QED) is 0.345. The van der Waals surface area contributed by atoms with Gasteiger partial charge in [0.2, 0.25) is 5.91 Å². The predicted molar refractivity (Wildman–Crippen MR) is 127 cm³/mol. The number of benzene rings is 3. The molecule has 6 nitrogen and oxygen atoms in total. The van der Waals surface area contributed by atoms with E-state index in [1.54, 1.807) is 30.5 Å². The minimum absolute atomic E-state index is 0.0606. The summed E-state index contributed by atoms with van der Waals surface area (Å²) in [5, 5.41) is 6.89. The standard InChI is InChI=1S/C26H27N3O3/c1-2-3-16-25(30)28-23-14-9-13-21(17-23)26(31)29-27-18-22-12-7-8-15-24(22)32-19-20-10-5-4-6-11-20/h4-15,17-18H,2-3,16,19H2,1H3,(H,28,30)(H,29,31)/b27-18-. The van der Waals surface area contributed by atoms with Gasteiger partial charge in [0.1, 0.15) is 12.4 Å². The molecule has 3 aromatic carbocycles. The van der Waals surface area contributed by atoms with Crippen molar-refractivity contribution in [3.05, 3.63) is 95.6 Å². The average molecular weight is 430 g/mol. The molecule has 2 amide bonds. The lowest BCUT2D eigenvalue weighted by Crippen LogP contribution is -2.18. The monoisotopic (exact) mass is 429 g/mol. The number of carbonyl (C=O) groups is 2. The van der Waals surface area contributed by atoms with Gasteiger partial charge in [0, 0.05) is 23.2 Å². The van der Waals surface area contributed by atoms with Crippen LogP contribution in [0.25, 0.3) is 0 Å². The Morgan fingerprint density at radius 2 is 1.75 bits per heavy atom. The molecule has 3 aromatic rings. The van der Waals surface area contributed by atoms with E-state index in [-0.39, 0.29) is 11.8 Å². The lowest BCUT2D eigenvalue weighted by Gasteiger charge is -2.09. The normalized spacial score (nSPS) is 10.7. The van der Waals surface area contributed by atoms with E-state index in [1.807, 2.05) is 61.5 Å². The van der Waals surface area contributed by atoms with Crippen LogP contribution in [0.3, 0.4) is 0 Å². The molecule has 2 N–H and O–H groups in total. The molecule has 164 valence electrons. The van der Waals surface area contributed by atoms with E-state index < -0.39 is 0 Å². The maximum atomic E-state index is 12.5. The molecule has 0 aliphatic heterocycles. The van der Waals surface area contributed by atoms with Crippen LogP contribution < -0.4 is 15.5 Å². The van der Waals surface area contributed by atoms with E-state index in [9.17, 15) is 9.59 Å². The molecule has 0 saturated heterocycles. The Bertz CT molecular complexity index is 1060. The maximum absolute atomic E-state index is 12.5. The van der Waals surface area contributed by atoms with E-state index >= 15 is 0 Å². The zero-order chi connectivity index (χ0) is 22.6. The fourth-order valence-electron chi connectivity index (χ4n) is 2.98. The molecule has 32 heavy (non-hydrogen) atoms. The van der Waals surface area contributed by atoms with Crippen LogP contribution in [0.5, 0.6) is 5.75 Å². The second-order valence-electron chi connectivity index (χ2n) is 7.24. The Morgan fingerprint density at radius 1 is 0.969 bits per heavy atom. The number of carbonyl (C=O) groups excluding carboxylic acids is 2. The summed E-state index contributed by atoms with van der Waals surface area (Å²) < 4.78 is 5.90. The summed E-state index contributed by atoms with van der Waals surface area (Å²) in [6.45, 7) is 2.47. The molecule has 0 fully saturated rings. The van der Waals surface area contributed by atoms with Crippen molar-refractivity contribution in [3.63, 3.8) is 0 Å². The van der Waals surface area contributed by atoms with Gasteiger partial charge in [0.25, 0.3) is 5.91 Å². The van der Waals surface area contributed by atoms with Crippen LogP contribution in [-0.4, -0.2) is 18.0 Å². The largest absolute Gasteiger partial charge is 0.488 e. The Labute approximate surface area is 188 Å². The molecule has 0 aliphatic carbocycles. The summed E-state index contributed by atoms with van der Waals surface area (Å²) >= 11 is 0. The molecule has 0 atom stereocenters. The van der Waals surface area contributed by atoms with Crippen molar-refractivity contribution in [2.75, 3.05) is 5.32 Å². The second-order valence-corrected chi connectivity index (χ2v) is 7.24. The first-order valence-corrected chi connectivity index (χ1v) is 10.6. The highest BCUT2D eigenvalue weighted by atomic mass is 16.5. The van der Waals surface area contributed by atoms with E-state index in [2.05, 4.69) is 15.8 Å². The van der Waals surface area contributed by atoms with Crippen LogP contribution in [0.2, 0.25) is 0 Å². The smallest absolute Gasteiger partial charge is 0.271 e. The number of nitrogens with one attached hydrogen (secondary N) is 2. The number of hydrazone groups is 1. The highest BCUT2D eigenvalue weighted by Crippen LogP contribution is 2.18. The average Bonchev–Trinajstić information content (AvgIpc) is 2.83. The molecule has 0 radical (unpaired) electrons. The Balaban J connectivity index is 1.58. The topological polar surface area (TPSA) is 79.8 Å². The van der Waals surface area contributed by atoms with Crippen molar-refractivity contribution in [2.24, 2.45) is 5.10 Å². The minimum Gasteiger partial charge on any atom is -0.488 e. The molecule has 3 rings (SSSR count). The van der Waals surface area contributed by atoms with Crippen molar-refractivity contribution in [1.29, 1.82) is 0 Å². The zero-order valence-corrected chi connectivity index (χ0v) is 18.1. The molecule has 0 aliphatic rings. The predicted octanol–water partition coefficient (Wildman–Crippen LogP) is 5.16. The van der Waals surface area contributed by atoms with Crippen LogP contribution in [0.15, 0.2) is 84.0 Å². The number of anilines is 1. The fourth-order valence-corrected chi connectivity index (χ4v) is 2.98. The first-order valence-electron chi connectivity index (χ1n) is 10.6. The first kappa shape index (κ1) is 22.7. The van der Waals surface area contributed by atoms with E-state index in [4.69, 9.17) is 4.74 Å². The number of hydrogen-bond donors (Lipinski definition) is 2. The van der Waals surface area contributed by atoms with Crippen LogP contribution in [0.4, 0.5) is 5.69 Å². The summed E-state index contributed by atoms with van der Waals surface area (Å²) in [4.78, 5) is 24.4. The zero-order valence-electron chi connectivity index (χ0n) is 18.1. The fraction of sp³-hybridized carbons (Fsp3) is 0.192. The summed E-state index contributed by atoms with van der Waals surface area (Å²) in [6, 6.07) is 24.1. The summed E-state index contributed by atoms with van der Waals surface area (Å²) in [5.74, 6) is 0.245. The lowest BCUT2D eigenvalue weighted by atomic mass is 10.2. The van der Waals surface area contributed by atoms with Gasteiger partial charge in [-0.2, -0.15) is 5.10 Å². The summed E-state index contributed by atoms with van der Waals surface area (Å²) in [6.07, 6.45) is 3.79. The highest BCUT2D eigenvalue weighted by molar-refractivity contribution is 5.97. The van der Waals surface area contributed by atoms with E-state index in [1.165, 1.54) is 0 Å². The molecule has 0 aromatic heterocycles. The van der Waals surface area contributed by atoms with Gasteiger partial charge < -0.3 is 10.1 Å². The molecule has 0 unspecified atom stereocenters. The van der Waals surface area contributed by atoms with Crippen LogP contribution in [0, 0.1) is 0 Å². The number of para-hydroxylation sites is 1. The van der Waals surface area contributed by atoms with Gasteiger partial charge in [-0.3, -0.25) is 9.59 Å². The van der Waals surface area contributed by atoms with Gasteiger partial charge in [-0.15, -0.1) is 0 Å². The van der Waals surface area contributed by atoms with Gasteiger partial charge >= 0.3 is 0 Å². The van der Waals surface area contributed by atoms with Gasteiger partial charge in [0.15, 0.2) is 0 Å². The molecule has 0 saturated carbocycles. The van der Waals surface area contributed by atoms with Crippen LogP contribution in [-0.2, 0) is 11.4 Å². The highest BCUT2D eigenvalue weighted by Gasteiger charge is 2.08. The number of amides is 2. The van der Waals surface area contributed by atoms with Crippen molar-refractivity contribution in [1.82, 2.24) is 5.43 Å². The Hall–Kier alpha value is -3.93. The molecule has 0 spiro atoms. The third-order valence-corrected chi connectivity index (χ3v) is 4.69. The molecular weight excluding hydrogens is 402 g/mol. The van der Waals surface area contributed by atoms with Crippen molar-refractivity contribution < 1.29 is 14.3 Å². The summed E-state index contributed by atoms with van der Waals surface area (Å²) in [7, 11) is 0. The lowest BCUT2D eigenvalue weighted by molar-refractivity contribution is -0.116. The van der Waals surface area contributed by atoms with Gasteiger partial charge in [-0.25, -0.2) is 5.43 Å². The Kier molecular flexibility index (Phi) is 8.57. The van der Waals surface area contributed by atoms with E-state index in [0.717, 1.165) is 24.0 Å². The molecule has 0 heterocycles. The molecular formula is C26H27N3O3. The molecule has 6 heteroatoms. The first-order chi connectivity index (χ1) is 15.7. The van der Waals surface area contributed by atoms with Crippen molar-refractivity contribution >= 4 is 23.7 Å². The van der Waals surface area contributed by atoms with Crippen molar-refractivity contribution in [3.8, 4) is 5.75 Å². The van der Waals surface area contributed by atoms with Gasteiger partial charge in [0.05, 0.1) is 6.21 Å². The third-order valence-electron chi connectivity index (χ3n) is 4.69. The van der Waals surface area contributed by atoms with E-state index in [0.29, 0.717) is 30.0 Å². The number of rotatable bonds is 10. The number of ether oxygens (including phenoxy) is 1. The third kappa shape index (κ3) is 7.09. The molecule has 0 bridgehead atoms. The Morgan fingerprint density at radius 3 is 2.56 bits per heavy atom.